The minimum absolute atomic E-state index is 0.0162. The van der Waals surface area contributed by atoms with E-state index in [1.54, 1.807) is 53.9 Å². The molecule has 29 heavy (non-hydrogen) atoms. The van der Waals surface area contributed by atoms with Gasteiger partial charge in [-0.25, -0.2) is 15.0 Å². The van der Waals surface area contributed by atoms with Crippen LogP contribution in [-0.4, -0.2) is 53.6 Å². The standard InChI is InChI=1S/C20H22N8O/c1-27-14-15(13-25-27)3-4-17(29)28-11-5-16(6-12-28)18-19(22-10-9-21-18)26-20-23-7-2-8-24-20/h2-4,7-10,13-14,16H,5-6,11-12H2,1H3,(H,22,23,24,26). The second-order valence-electron chi connectivity index (χ2n) is 6.87. The third kappa shape index (κ3) is 4.63. The van der Waals surface area contributed by atoms with Crippen LogP contribution in [0.1, 0.15) is 30.0 Å². The molecule has 3 aromatic heterocycles. The molecule has 0 aromatic carbocycles. The van der Waals surface area contributed by atoms with E-state index in [4.69, 9.17) is 0 Å². The number of nitrogens with one attached hydrogen (secondary N) is 1. The number of piperidine rings is 1. The second-order valence-corrected chi connectivity index (χ2v) is 6.87. The SMILES string of the molecule is Cn1cc(C=CC(=O)N2CCC(c3nccnc3Nc3ncccn3)CC2)cn1. The first-order valence-electron chi connectivity index (χ1n) is 9.49. The summed E-state index contributed by atoms with van der Waals surface area (Å²) in [4.78, 5) is 31.7. The number of anilines is 2. The Morgan fingerprint density at radius 1 is 1.10 bits per heavy atom. The van der Waals surface area contributed by atoms with Gasteiger partial charge in [0.25, 0.3) is 0 Å². The van der Waals surface area contributed by atoms with Crippen molar-refractivity contribution in [2.75, 3.05) is 18.4 Å². The summed E-state index contributed by atoms with van der Waals surface area (Å²) in [6, 6.07) is 1.76. The zero-order valence-electron chi connectivity index (χ0n) is 16.1. The van der Waals surface area contributed by atoms with Gasteiger partial charge in [-0.3, -0.25) is 14.5 Å². The van der Waals surface area contributed by atoms with E-state index >= 15 is 0 Å². The van der Waals surface area contributed by atoms with Crippen LogP contribution in [0.4, 0.5) is 11.8 Å². The Morgan fingerprint density at radius 3 is 2.59 bits per heavy atom. The summed E-state index contributed by atoms with van der Waals surface area (Å²) in [5.74, 6) is 1.39. The van der Waals surface area contributed by atoms with Crippen LogP contribution in [0.2, 0.25) is 0 Å². The number of carbonyl (C=O) groups is 1. The van der Waals surface area contributed by atoms with Crippen LogP contribution in [0, 0.1) is 0 Å². The van der Waals surface area contributed by atoms with Crippen molar-refractivity contribution in [3.63, 3.8) is 0 Å². The highest BCUT2D eigenvalue weighted by Crippen LogP contribution is 2.31. The maximum absolute atomic E-state index is 12.5. The first-order valence-corrected chi connectivity index (χ1v) is 9.49. The molecule has 0 saturated carbocycles. The quantitative estimate of drug-likeness (QED) is 0.666. The molecule has 0 bridgehead atoms. The van der Waals surface area contributed by atoms with E-state index in [2.05, 4.69) is 30.4 Å². The third-order valence-electron chi connectivity index (χ3n) is 4.86. The zero-order valence-corrected chi connectivity index (χ0v) is 16.1. The molecule has 3 aromatic rings. The molecule has 1 saturated heterocycles. The number of carbonyl (C=O) groups excluding carboxylic acids is 1. The normalized spacial score (nSPS) is 15.0. The second kappa shape index (κ2) is 8.59. The number of amides is 1. The van der Waals surface area contributed by atoms with Gasteiger partial charge in [0.05, 0.1) is 11.9 Å². The van der Waals surface area contributed by atoms with Crippen molar-refractivity contribution in [2.45, 2.75) is 18.8 Å². The largest absolute Gasteiger partial charge is 0.339 e. The van der Waals surface area contributed by atoms with Gasteiger partial charge in [-0.05, 0) is 25.0 Å². The van der Waals surface area contributed by atoms with Crippen LogP contribution >= 0.6 is 0 Å². The van der Waals surface area contributed by atoms with Gasteiger partial charge < -0.3 is 10.2 Å². The first-order chi connectivity index (χ1) is 14.2. The van der Waals surface area contributed by atoms with E-state index < -0.39 is 0 Å². The van der Waals surface area contributed by atoms with Gasteiger partial charge in [0.2, 0.25) is 11.9 Å². The predicted molar refractivity (Wildman–Crippen MR) is 108 cm³/mol. The Hall–Kier alpha value is -3.62. The van der Waals surface area contributed by atoms with Gasteiger partial charge in [0.15, 0.2) is 5.82 Å². The molecule has 9 nitrogen and oxygen atoms in total. The van der Waals surface area contributed by atoms with Gasteiger partial charge >= 0.3 is 0 Å². The highest BCUT2D eigenvalue weighted by atomic mass is 16.2. The number of hydrogen-bond donors (Lipinski definition) is 1. The summed E-state index contributed by atoms with van der Waals surface area (Å²) in [5.41, 5.74) is 1.80. The molecule has 0 spiro atoms. The van der Waals surface area contributed by atoms with E-state index in [-0.39, 0.29) is 11.8 Å². The number of nitrogens with zero attached hydrogens (tertiary/aromatic N) is 7. The molecule has 0 atom stereocenters. The maximum Gasteiger partial charge on any atom is 0.246 e. The summed E-state index contributed by atoms with van der Waals surface area (Å²) in [6.45, 7) is 1.36. The molecule has 4 rings (SSSR count). The van der Waals surface area contributed by atoms with Gasteiger partial charge in [-0.2, -0.15) is 5.10 Å². The molecular weight excluding hydrogens is 368 g/mol. The molecule has 0 radical (unpaired) electrons. The highest BCUT2D eigenvalue weighted by Gasteiger charge is 2.26. The molecule has 1 amide bonds. The van der Waals surface area contributed by atoms with Crippen molar-refractivity contribution in [1.29, 1.82) is 0 Å². The van der Waals surface area contributed by atoms with E-state index in [9.17, 15) is 4.79 Å². The molecule has 0 unspecified atom stereocenters. The fraction of sp³-hybridized carbons (Fsp3) is 0.300. The van der Waals surface area contributed by atoms with E-state index in [0.717, 1.165) is 24.1 Å². The van der Waals surface area contributed by atoms with Gasteiger partial charge in [0, 0.05) is 68.7 Å². The van der Waals surface area contributed by atoms with Crippen LogP contribution in [0.15, 0.2) is 49.3 Å². The highest BCUT2D eigenvalue weighted by molar-refractivity contribution is 5.91. The zero-order chi connectivity index (χ0) is 20.1. The Morgan fingerprint density at radius 2 is 1.86 bits per heavy atom. The molecule has 0 aliphatic carbocycles. The summed E-state index contributed by atoms with van der Waals surface area (Å²) >= 11 is 0. The minimum atomic E-state index is 0.0162. The Bertz CT molecular complexity index is 992. The van der Waals surface area contributed by atoms with E-state index in [1.165, 1.54) is 0 Å². The number of rotatable bonds is 5. The lowest BCUT2D eigenvalue weighted by atomic mass is 9.93. The van der Waals surface area contributed by atoms with Crippen LogP contribution in [0.3, 0.4) is 0 Å². The lowest BCUT2D eigenvalue weighted by Gasteiger charge is -2.31. The molecule has 1 N–H and O–H groups in total. The van der Waals surface area contributed by atoms with Crippen LogP contribution in [0.25, 0.3) is 6.08 Å². The van der Waals surface area contributed by atoms with Crippen molar-refractivity contribution in [1.82, 2.24) is 34.6 Å². The van der Waals surface area contributed by atoms with Crippen molar-refractivity contribution in [2.24, 2.45) is 7.05 Å². The van der Waals surface area contributed by atoms with Crippen LogP contribution < -0.4 is 5.32 Å². The van der Waals surface area contributed by atoms with Gasteiger partial charge in [0.1, 0.15) is 0 Å². The molecule has 1 aliphatic rings. The van der Waals surface area contributed by atoms with Crippen molar-refractivity contribution >= 4 is 23.7 Å². The van der Waals surface area contributed by atoms with Crippen LogP contribution in [-0.2, 0) is 11.8 Å². The fourth-order valence-electron chi connectivity index (χ4n) is 3.39. The molecule has 148 valence electrons. The van der Waals surface area contributed by atoms with Gasteiger partial charge in [-0.15, -0.1) is 0 Å². The average Bonchev–Trinajstić information content (AvgIpc) is 3.18. The number of hydrogen-bond acceptors (Lipinski definition) is 7. The first kappa shape index (κ1) is 18.7. The average molecular weight is 390 g/mol. The van der Waals surface area contributed by atoms with Crippen molar-refractivity contribution in [3.05, 3.63) is 60.6 Å². The van der Waals surface area contributed by atoms with Gasteiger partial charge in [-0.1, -0.05) is 0 Å². The monoisotopic (exact) mass is 390 g/mol. The Kier molecular flexibility index (Phi) is 5.55. The lowest BCUT2D eigenvalue weighted by Crippen LogP contribution is -2.37. The third-order valence-corrected chi connectivity index (χ3v) is 4.86. The molecule has 9 heteroatoms. The molecular formula is C20H22N8O. The summed E-state index contributed by atoms with van der Waals surface area (Å²) in [5, 5.41) is 7.25. The maximum atomic E-state index is 12.5. The molecule has 1 fully saturated rings. The lowest BCUT2D eigenvalue weighted by molar-refractivity contribution is -0.126. The minimum Gasteiger partial charge on any atom is -0.339 e. The Labute approximate surface area is 168 Å². The van der Waals surface area contributed by atoms with E-state index in [1.807, 2.05) is 18.1 Å². The smallest absolute Gasteiger partial charge is 0.246 e. The van der Waals surface area contributed by atoms with E-state index in [0.29, 0.717) is 24.9 Å². The number of aryl methyl sites for hydroxylation is 1. The topological polar surface area (TPSA) is 102 Å². The van der Waals surface area contributed by atoms with Crippen molar-refractivity contribution < 1.29 is 4.79 Å². The summed E-state index contributed by atoms with van der Waals surface area (Å²) in [7, 11) is 1.85. The summed E-state index contributed by atoms with van der Waals surface area (Å²) in [6.07, 6.45) is 15.4. The number of aromatic nitrogens is 6. The molecule has 1 aliphatic heterocycles. The summed E-state index contributed by atoms with van der Waals surface area (Å²) < 4.78 is 1.71. The fourth-order valence-corrected chi connectivity index (χ4v) is 3.39. The predicted octanol–water partition coefficient (Wildman–Crippen LogP) is 2.16. The van der Waals surface area contributed by atoms with Crippen LogP contribution in [0.5, 0.6) is 0 Å². The molecule has 4 heterocycles. The Balaban J connectivity index is 1.38. The van der Waals surface area contributed by atoms with Crippen molar-refractivity contribution in [3.8, 4) is 0 Å². The number of likely N-dealkylation sites (tertiary alicyclic amines) is 1.